The Morgan fingerprint density at radius 3 is 2.69 bits per heavy atom. The molecule has 1 nitrogen and oxygen atoms in total. The maximum absolute atomic E-state index is 5.82. The van der Waals surface area contributed by atoms with Gasteiger partial charge in [0, 0.05) is 6.42 Å². The van der Waals surface area contributed by atoms with E-state index >= 15 is 0 Å². The molecule has 0 atom stereocenters. The molecule has 13 heavy (non-hydrogen) atoms. The molecule has 0 radical (unpaired) electrons. The molecule has 0 aliphatic heterocycles. The molecule has 74 valence electrons. The molecular formula is C10H16ClNS. The molecular weight excluding hydrogens is 202 g/mol. The molecule has 0 saturated carbocycles. The minimum absolute atomic E-state index is 0.357. The first-order valence-electron chi connectivity index (χ1n) is 4.64. The molecule has 1 aromatic heterocycles. The lowest BCUT2D eigenvalue weighted by Gasteiger charge is -2.22. The highest BCUT2D eigenvalue weighted by Crippen LogP contribution is 2.30. The number of halogens is 1. The first-order chi connectivity index (χ1) is 6.03. The zero-order valence-electron chi connectivity index (χ0n) is 8.43. The standard InChI is InChI=1S/C10H16ClNS/c1-4-5-10(2,3)6-9-12-7-8(11)13-9/h7H,4-6H2,1-3H3. The van der Waals surface area contributed by atoms with Crippen LogP contribution in [0.1, 0.15) is 38.6 Å². The van der Waals surface area contributed by atoms with Crippen molar-refractivity contribution in [2.75, 3.05) is 0 Å². The van der Waals surface area contributed by atoms with Gasteiger partial charge in [0.15, 0.2) is 0 Å². The first kappa shape index (κ1) is 11.0. The molecule has 0 amide bonds. The van der Waals surface area contributed by atoms with Gasteiger partial charge in [-0.05, 0) is 11.8 Å². The molecule has 1 rings (SSSR count). The van der Waals surface area contributed by atoms with Crippen LogP contribution in [0.5, 0.6) is 0 Å². The fraction of sp³-hybridized carbons (Fsp3) is 0.700. The van der Waals surface area contributed by atoms with Gasteiger partial charge in [-0.25, -0.2) is 4.98 Å². The van der Waals surface area contributed by atoms with Gasteiger partial charge in [0.25, 0.3) is 0 Å². The van der Waals surface area contributed by atoms with Crippen molar-refractivity contribution in [3.63, 3.8) is 0 Å². The van der Waals surface area contributed by atoms with Gasteiger partial charge in [0.1, 0.15) is 4.34 Å². The van der Waals surface area contributed by atoms with Crippen molar-refractivity contribution in [2.24, 2.45) is 5.41 Å². The smallest absolute Gasteiger partial charge is 0.113 e. The quantitative estimate of drug-likeness (QED) is 0.738. The predicted molar refractivity (Wildman–Crippen MR) is 59.5 cm³/mol. The summed E-state index contributed by atoms with van der Waals surface area (Å²) in [6, 6.07) is 0. The minimum Gasteiger partial charge on any atom is -0.248 e. The fourth-order valence-electron chi connectivity index (χ4n) is 1.54. The van der Waals surface area contributed by atoms with Crippen LogP contribution in [-0.4, -0.2) is 4.98 Å². The van der Waals surface area contributed by atoms with Crippen LogP contribution in [0.2, 0.25) is 4.34 Å². The minimum atomic E-state index is 0.357. The maximum atomic E-state index is 5.82. The molecule has 0 bridgehead atoms. The predicted octanol–water partition coefficient (Wildman–Crippen LogP) is 4.17. The second kappa shape index (κ2) is 4.43. The average Bonchev–Trinajstić information content (AvgIpc) is 2.34. The Kier molecular flexibility index (Phi) is 3.74. The number of hydrogen-bond donors (Lipinski definition) is 0. The third-order valence-corrected chi connectivity index (χ3v) is 3.20. The van der Waals surface area contributed by atoms with Crippen molar-refractivity contribution >= 4 is 22.9 Å². The summed E-state index contributed by atoms with van der Waals surface area (Å²) in [5, 5.41) is 1.16. The Labute approximate surface area is 89.1 Å². The van der Waals surface area contributed by atoms with Crippen LogP contribution in [0.25, 0.3) is 0 Å². The Balaban J connectivity index is 2.57. The monoisotopic (exact) mass is 217 g/mol. The van der Waals surface area contributed by atoms with E-state index in [1.165, 1.54) is 12.8 Å². The summed E-state index contributed by atoms with van der Waals surface area (Å²) in [6.45, 7) is 6.79. The Hall–Kier alpha value is -0.0800. The molecule has 0 unspecified atom stereocenters. The zero-order chi connectivity index (χ0) is 9.90. The Morgan fingerprint density at radius 1 is 1.54 bits per heavy atom. The van der Waals surface area contributed by atoms with Gasteiger partial charge < -0.3 is 0 Å². The van der Waals surface area contributed by atoms with Crippen LogP contribution < -0.4 is 0 Å². The second-order valence-corrected chi connectivity index (χ2v) is 5.90. The van der Waals surface area contributed by atoms with Crippen molar-refractivity contribution in [2.45, 2.75) is 40.0 Å². The summed E-state index contributed by atoms with van der Waals surface area (Å²) in [4.78, 5) is 4.27. The Bertz CT molecular complexity index is 268. The first-order valence-corrected chi connectivity index (χ1v) is 5.83. The fourth-order valence-corrected chi connectivity index (χ4v) is 2.76. The van der Waals surface area contributed by atoms with E-state index in [1.807, 2.05) is 0 Å². The third kappa shape index (κ3) is 3.65. The van der Waals surface area contributed by atoms with E-state index in [1.54, 1.807) is 17.5 Å². The van der Waals surface area contributed by atoms with Crippen LogP contribution in [-0.2, 0) is 6.42 Å². The van der Waals surface area contributed by atoms with Crippen LogP contribution in [0.3, 0.4) is 0 Å². The Morgan fingerprint density at radius 2 is 2.23 bits per heavy atom. The van der Waals surface area contributed by atoms with E-state index in [0.717, 1.165) is 15.8 Å². The van der Waals surface area contributed by atoms with Crippen molar-refractivity contribution in [3.8, 4) is 0 Å². The largest absolute Gasteiger partial charge is 0.248 e. The van der Waals surface area contributed by atoms with Gasteiger partial charge in [0.2, 0.25) is 0 Å². The highest BCUT2D eigenvalue weighted by atomic mass is 35.5. The van der Waals surface area contributed by atoms with Gasteiger partial charge in [0.05, 0.1) is 11.2 Å². The normalized spacial score (nSPS) is 12.0. The molecule has 0 aliphatic carbocycles. The highest BCUT2D eigenvalue weighted by Gasteiger charge is 2.18. The molecule has 0 saturated heterocycles. The molecule has 1 aromatic rings. The van der Waals surface area contributed by atoms with E-state index in [0.29, 0.717) is 5.41 Å². The van der Waals surface area contributed by atoms with Crippen LogP contribution in [0.15, 0.2) is 6.20 Å². The summed E-state index contributed by atoms with van der Waals surface area (Å²) in [5.41, 5.74) is 0.357. The number of aromatic nitrogens is 1. The number of rotatable bonds is 4. The topological polar surface area (TPSA) is 12.9 Å². The molecule has 0 aromatic carbocycles. The van der Waals surface area contributed by atoms with Crippen LogP contribution in [0, 0.1) is 5.41 Å². The average molecular weight is 218 g/mol. The maximum Gasteiger partial charge on any atom is 0.113 e. The van der Waals surface area contributed by atoms with Gasteiger partial charge >= 0.3 is 0 Å². The molecule has 0 fully saturated rings. The van der Waals surface area contributed by atoms with Gasteiger partial charge in [-0.2, -0.15) is 0 Å². The van der Waals surface area contributed by atoms with Crippen LogP contribution in [0.4, 0.5) is 0 Å². The van der Waals surface area contributed by atoms with Crippen molar-refractivity contribution in [1.29, 1.82) is 0 Å². The molecule has 1 heterocycles. The number of nitrogens with zero attached hydrogens (tertiary/aromatic N) is 1. The molecule has 3 heteroatoms. The summed E-state index contributed by atoms with van der Waals surface area (Å²) in [6.07, 6.45) is 5.25. The van der Waals surface area contributed by atoms with E-state index in [9.17, 15) is 0 Å². The molecule has 0 aliphatic rings. The third-order valence-electron chi connectivity index (χ3n) is 2.08. The van der Waals surface area contributed by atoms with E-state index in [2.05, 4.69) is 25.8 Å². The van der Waals surface area contributed by atoms with Gasteiger partial charge in [-0.1, -0.05) is 38.8 Å². The van der Waals surface area contributed by atoms with Crippen molar-refractivity contribution < 1.29 is 0 Å². The molecule has 0 spiro atoms. The lowest BCUT2D eigenvalue weighted by Crippen LogP contribution is -2.14. The highest BCUT2D eigenvalue weighted by molar-refractivity contribution is 7.15. The second-order valence-electron chi connectivity index (χ2n) is 4.15. The lowest BCUT2D eigenvalue weighted by atomic mass is 9.85. The van der Waals surface area contributed by atoms with Gasteiger partial charge in [-0.15, -0.1) is 11.3 Å². The number of hydrogen-bond acceptors (Lipinski definition) is 2. The number of thiazole rings is 1. The van der Waals surface area contributed by atoms with Crippen LogP contribution >= 0.6 is 22.9 Å². The van der Waals surface area contributed by atoms with Crippen molar-refractivity contribution in [1.82, 2.24) is 4.98 Å². The van der Waals surface area contributed by atoms with Gasteiger partial charge in [-0.3, -0.25) is 0 Å². The molecule has 0 N–H and O–H groups in total. The van der Waals surface area contributed by atoms with E-state index < -0.39 is 0 Å². The SMILES string of the molecule is CCCC(C)(C)Cc1ncc(Cl)s1. The van der Waals surface area contributed by atoms with Crippen molar-refractivity contribution in [3.05, 3.63) is 15.5 Å². The zero-order valence-corrected chi connectivity index (χ0v) is 10.0. The lowest BCUT2D eigenvalue weighted by molar-refractivity contribution is 0.328. The van der Waals surface area contributed by atoms with E-state index in [4.69, 9.17) is 11.6 Å². The summed E-state index contributed by atoms with van der Waals surface area (Å²) in [5.74, 6) is 0. The summed E-state index contributed by atoms with van der Waals surface area (Å²) >= 11 is 7.42. The summed E-state index contributed by atoms with van der Waals surface area (Å²) < 4.78 is 0.794. The summed E-state index contributed by atoms with van der Waals surface area (Å²) in [7, 11) is 0. The van der Waals surface area contributed by atoms with E-state index in [-0.39, 0.29) is 0 Å².